The Hall–Kier alpha value is -0.920. The molecule has 2 aromatic carbocycles. The fraction of sp³-hybridized carbons (Fsp3) is 0.312. The van der Waals surface area contributed by atoms with E-state index < -0.39 is 0 Å². The maximum absolute atomic E-state index is 3.46. The van der Waals surface area contributed by atoms with Gasteiger partial charge >= 0.3 is 30.2 Å². The molecular formula is C32H44Cl2SiZr-4. The van der Waals surface area contributed by atoms with Gasteiger partial charge in [-0.15, -0.1) is 71.4 Å². The van der Waals surface area contributed by atoms with Crippen LogP contribution in [0.4, 0.5) is 0 Å². The Morgan fingerprint density at radius 1 is 0.639 bits per heavy atom. The molecule has 2 aliphatic carbocycles. The molecule has 4 heteroatoms. The van der Waals surface area contributed by atoms with Gasteiger partial charge < -0.3 is 14.9 Å². The topological polar surface area (TPSA) is 0 Å². The van der Waals surface area contributed by atoms with Crippen molar-refractivity contribution in [3.8, 4) is 0 Å². The third kappa shape index (κ3) is 14.1. The maximum atomic E-state index is 3.46. The molecule has 0 radical (unpaired) electrons. The molecule has 198 valence electrons. The van der Waals surface area contributed by atoms with E-state index in [1.54, 1.807) is 23.3 Å². The quantitative estimate of drug-likeness (QED) is 0.204. The molecule has 2 aliphatic rings. The van der Waals surface area contributed by atoms with E-state index in [0.29, 0.717) is 0 Å². The van der Waals surface area contributed by atoms with Crippen LogP contribution in [0.3, 0.4) is 0 Å². The van der Waals surface area contributed by atoms with E-state index in [9.17, 15) is 0 Å². The monoisotopic (exact) mass is 616 g/mol. The normalized spacial score (nSPS) is 12.6. The Kier molecular flexibility index (Phi) is 26.9. The second kappa shape index (κ2) is 24.4. The van der Waals surface area contributed by atoms with Crippen LogP contribution in [0, 0.1) is 27.0 Å². The van der Waals surface area contributed by atoms with Gasteiger partial charge in [-0.05, 0) is 12.8 Å². The summed E-state index contributed by atoms with van der Waals surface area (Å²) in [6, 6.07) is 21.1. The summed E-state index contributed by atoms with van der Waals surface area (Å²) in [5, 5.41) is 0. The summed E-state index contributed by atoms with van der Waals surface area (Å²) in [7, 11) is 0. The average Bonchev–Trinajstić information content (AvgIpc) is 3.54. The molecule has 0 spiro atoms. The Labute approximate surface area is 251 Å². The number of allylic oxidation sites excluding steroid dienone is 8. The van der Waals surface area contributed by atoms with Crippen LogP contribution in [0.25, 0.3) is 11.1 Å². The van der Waals surface area contributed by atoms with Gasteiger partial charge in [0.2, 0.25) is 0 Å². The van der Waals surface area contributed by atoms with Gasteiger partial charge in [-0.25, -0.2) is 0 Å². The van der Waals surface area contributed by atoms with Crippen molar-refractivity contribution in [1.29, 1.82) is 0 Å². The van der Waals surface area contributed by atoms with Crippen LogP contribution in [-0.2, 0) is 23.3 Å². The molecule has 0 saturated carbocycles. The van der Waals surface area contributed by atoms with E-state index in [2.05, 4.69) is 98.8 Å². The molecule has 0 aromatic heterocycles. The van der Waals surface area contributed by atoms with Gasteiger partial charge in [-0.1, -0.05) is 88.8 Å². The van der Waals surface area contributed by atoms with E-state index in [0.717, 1.165) is 12.8 Å². The number of benzene rings is 2. The van der Waals surface area contributed by atoms with Crippen LogP contribution in [0.2, 0.25) is 0 Å². The first-order valence-electron chi connectivity index (χ1n) is 11.9. The van der Waals surface area contributed by atoms with Crippen molar-refractivity contribution in [3.05, 3.63) is 122 Å². The van der Waals surface area contributed by atoms with Crippen molar-refractivity contribution in [2.75, 3.05) is 0 Å². The van der Waals surface area contributed by atoms with E-state index in [-0.39, 0.29) is 39.7 Å². The van der Waals surface area contributed by atoms with Gasteiger partial charge in [0.15, 0.2) is 0 Å². The van der Waals surface area contributed by atoms with E-state index in [4.69, 9.17) is 0 Å². The molecular weight excluding hydrogens is 575 g/mol. The van der Waals surface area contributed by atoms with Crippen LogP contribution < -0.4 is 0 Å². The number of hydrogen-bond donors (Lipinski definition) is 0. The fourth-order valence-electron chi connectivity index (χ4n) is 3.76. The summed E-state index contributed by atoms with van der Waals surface area (Å²) >= 11 is 1.58. The van der Waals surface area contributed by atoms with Crippen molar-refractivity contribution in [2.24, 2.45) is 0 Å². The van der Waals surface area contributed by atoms with Crippen molar-refractivity contribution in [2.45, 2.75) is 65.2 Å². The summed E-state index contributed by atoms with van der Waals surface area (Å²) in [5.74, 6) is 0. The summed E-state index contributed by atoms with van der Waals surface area (Å²) < 4.78 is 0. The predicted molar refractivity (Wildman–Crippen MR) is 167 cm³/mol. The first kappa shape index (κ1) is 39.6. The van der Waals surface area contributed by atoms with Crippen LogP contribution >= 0.6 is 24.8 Å². The Morgan fingerprint density at radius 3 is 1.28 bits per heavy atom. The zero-order valence-corrected chi connectivity index (χ0v) is 28.1. The average molecular weight is 619 g/mol. The summed E-state index contributed by atoms with van der Waals surface area (Å²) in [4.78, 5) is 0. The van der Waals surface area contributed by atoms with Crippen LogP contribution in [0.15, 0.2) is 84.0 Å². The standard InChI is InChI=1S/2C15H17.2CH3.2ClH.H2Si.Zr/c2*1-2-3-7-13-10-11-15(12-13)14-8-5-4-6-9-14;;;;;;/h2*4-6,8-9,12H,2-3,7,10H2,1H3;2*1H3;2*1H;1H2;/q4*-1;;;;. The number of unbranched alkanes of at least 4 members (excludes halogenated alkanes) is 2. The number of halogens is 2. The molecule has 2 aromatic rings. The predicted octanol–water partition coefficient (Wildman–Crippen LogP) is 9.61. The van der Waals surface area contributed by atoms with Crippen LogP contribution in [0.1, 0.15) is 76.3 Å². The molecule has 0 fully saturated rings. The molecule has 0 nitrogen and oxygen atoms in total. The first-order valence-corrected chi connectivity index (χ1v) is 17.8. The van der Waals surface area contributed by atoms with E-state index >= 15 is 0 Å². The van der Waals surface area contributed by atoms with Crippen LogP contribution in [-0.4, -0.2) is 6.88 Å². The number of hydrogen-bond acceptors (Lipinski definition) is 0. The van der Waals surface area contributed by atoms with Gasteiger partial charge in [-0.2, -0.15) is 35.5 Å². The van der Waals surface area contributed by atoms with Gasteiger partial charge in [0.25, 0.3) is 0 Å². The van der Waals surface area contributed by atoms with Crippen molar-refractivity contribution < 1.29 is 23.3 Å². The van der Waals surface area contributed by atoms with Gasteiger partial charge in [-0.3, -0.25) is 0 Å². The van der Waals surface area contributed by atoms with E-state index in [1.165, 1.54) is 71.9 Å². The van der Waals surface area contributed by atoms with Crippen molar-refractivity contribution in [3.63, 3.8) is 0 Å². The van der Waals surface area contributed by atoms with Gasteiger partial charge in [0, 0.05) is 0 Å². The second-order valence-corrected chi connectivity index (χ2v) is 8.08. The molecule has 0 unspecified atom stereocenters. The molecule has 4 rings (SSSR count). The molecule has 36 heavy (non-hydrogen) atoms. The molecule has 0 bridgehead atoms. The molecule has 0 heterocycles. The molecule has 0 aliphatic heterocycles. The Morgan fingerprint density at radius 2 is 0.972 bits per heavy atom. The Bertz CT molecular complexity index is 854. The zero-order valence-electron chi connectivity index (χ0n) is 22.6. The molecule has 0 amide bonds. The van der Waals surface area contributed by atoms with Crippen molar-refractivity contribution >= 4 is 42.8 Å². The van der Waals surface area contributed by atoms with Gasteiger partial charge in [0.1, 0.15) is 0 Å². The third-order valence-electron chi connectivity index (χ3n) is 5.58. The molecule has 0 atom stereocenters. The third-order valence-corrected chi connectivity index (χ3v) is 5.58. The molecule has 0 N–H and O–H groups in total. The second-order valence-electron chi connectivity index (χ2n) is 8.08. The summed E-state index contributed by atoms with van der Waals surface area (Å²) in [5.41, 5.74) is 8.22. The molecule has 0 saturated heterocycles. The zero-order chi connectivity index (χ0) is 23.0. The summed E-state index contributed by atoms with van der Waals surface area (Å²) in [6.07, 6.45) is 21.2. The first-order chi connectivity index (χ1) is 15.8. The number of rotatable bonds is 8. The van der Waals surface area contributed by atoms with Gasteiger partial charge in [0.05, 0.1) is 0 Å². The van der Waals surface area contributed by atoms with E-state index in [1.807, 2.05) is 6.88 Å². The fourth-order valence-corrected chi connectivity index (χ4v) is 3.76. The Balaban J connectivity index is -0.000000513. The van der Waals surface area contributed by atoms with Crippen molar-refractivity contribution in [1.82, 2.24) is 0 Å². The summed E-state index contributed by atoms with van der Waals surface area (Å²) in [6.45, 7) is 6.43. The van der Waals surface area contributed by atoms with Crippen LogP contribution in [0.5, 0.6) is 0 Å². The minimum atomic E-state index is 0. The minimum absolute atomic E-state index is 0. The SMILES string of the molecule is CCCCC1=CC(c2ccccc2)=[C-]C1.CCCCC1=CC(c2ccccc2)=[C-]C1.Cl.Cl.[CH3-].[CH3-].[SiH2]=[Zr].